The molecule has 0 saturated heterocycles. The summed E-state index contributed by atoms with van der Waals surface area (Å²) in [6.45, 7) is 0.384. The largest absolute Gasteiger partial charge is 0.377 e. The first kappa shape index (κ1) is 20.2. The Bertz CT molecular complexity index is 912. The highest BCUT2D eigenvalue weighted by Gasteiger charge is 2.46. The average Bonchev–Trinajstić information content (AvgIpc) is 2.60. The summed E-state index contributed by atoms with van der Waals surface area (Å²) in [5, 5.41) is 1.26. The van der Waals surface area contributed by atoms with Gasteiger partial charge in [0.05, 0.1) is 4.90 Å². The van der Waals surface area contributed by atoms with Crippen molar-refractivity contribution in [2.24, 2.45) is 17.2 Å². The maximum absolute atomic E-state index is 13.3. The van der Waals surface area contributed by atoms with Crippen molar-refractivity contribution in [2.75, 3.05) is 25.5 Å². The van der Waals surface area contributed by atoms with Crippen molar-refractivity contribution in [2.45, 2.75) is 29.0 Å². The molecule has 2 aromatic carbocycles. The molecule has 8 heteroatoms. The SMILES string of the molecule is CN(C)c1cccc2c(S(=O)(=O)[C@](N)(CCCCN)C(N)=O)cccc12. The lowest BCUT2D eigenvalue weighted by Crippen LogP contribution is -2.57. The lowest BCUT2D eigenvalue weighted by molar-refractivity contribution is -0.120. The minimum atomic E-state index is -4.21. The fourth-order valence-corrected chi connectivity index (χ4v) is 4.80. The fraction of sp³-hybridized carbons (Fsp3) is 0.389. The highest BCUT2D eigenvalue weighted by molar-refractivity contribution is 7.93. The number of rotatable bonds is 8. The molecule has 0 heterocycles. The van der Waals surface area contributed by atoms with Crippen LogP contribution in [0.15, 0.2) is 41.3 Å². The molecule has 6 N–H and O–H groups in total. The summed E-state index contributed by atoms with van der Waals surface area (Å²) in [5.41, 5.74) is 17.8. The molecule has 2 rings (SSSR count). The van der Waals surface area contributed by atoms with Crippen molar-refractivity contribution in [3.8, 4) is 0 Å². The van der Waals surface area contributed by atoms with Gasteiger partial charge < -0.3 is 22.1 Å². The predicted molar refractivity (Wildman–Crippen MR) is 104 cm³/mol. The van der Waals surface area contributed by atoms with E-state index < -0.39 is 20.6 Å². The third-order valence-corrected chi connectivity index (χ3v) is 6.83. The monoisotopic (exact) mass is 378 g/mol. The summed E-state index contributed by atoms with van der Waals surface area (Å²) in [5.74, 6) is -1.06. The summed E-state index contributed by atoms with van der Waals surface area (Å²) < 4.78 is 26.6. The van der Waals surface area contributed by atoms with E-state index in [9.17, 15) is 13.2 Å². The highest BCUT2D eigenvalue weighted by Crippen LogP contribution is 2.34. The summed E-state index contributed by atoms with van der Waals surface area (Å²) in [6.07, 6.45) is 0.872. The van der Waals surface area contributed by atoms with Gasteiger partial charge in [-0.15, -0.1) is 0 Å². The molecule has 0 spiro atoms. The standard InChI is InChI=1S/C18H26N4O3S/c1-22(2)15-9-5-8-14-13(15)7-6-10-16(14)26(24,25)18(21,17(20)23)11-3-4-12-19/h5-10H,3-4,11-12,19,21H2,1-2H3,(H2,20,23)/t18-/m1/s1. The van der Waals surface area contributed by atoms with Gasteiger partial charge in [0.1, 0.15) is 0 Å². The van der Waals surface area contributed by atoms with E-state index in [1.165, 1.54) is 6.07 Å². The van der Waals surface area contributed by atoms with Gasteiger partial charge in [0.25, 0.3) is 5.91 Å². The number of carbonyl (C=O) groups excluding carboxylic acids is 1. The Morgan fingerprint density at radius 1 is 1.08 bits per heavy atom. The van der Waals surface area contributed by atoms with Crippen molar-refractivity contribution in [3.63, 3.8) is 0 Å². The number of nitrogens with two attached hydrogens (primary N) is 3. The van der Waals surface area contributed by atoms with E-state index in [2.05, 4.69) is 0 Å². The maximum Gasteiger partial charge on any atom is 0.253 e. The number of fused-ring (bicyclic) bond motifs is 1. The van der Waals surface area contributed by atoms with Crippen LogP contribution < -0.4 is 22.1 Å². The molecule has 0 aromatic heterocycles. The third-order valence-electron chi connectivity index (χ3n) is 4.53. The van der Waals surface area contributed by atoms with Gasteiger partial charge in [-0.25, -0.2) is 8.42 Å². The van der Waals surface area contributed by atoms with Crippen molar-refractivity contribution in [3.05, 3.63) is 36.4 Å². The molecular formula is C18H26N4O3S. The topological polar surface area (TPSA) is 133 Å². The van der Waals surface area contributed by atoms with Crippen LogP contribution in [0.4, 0.5) is 5.69 Å². The van der Waals surface area contributed by atoms with Crippen LogP contribution in [0.25, 0.3) is 10.8 Å². The number of carbonyl (C=O) groups is 1. The quantitative estimate of drug-likeness (QED) is 0.586. The zero-order chi connectivity index (χ0) is 19.5. The van der Waals surface area contributed by atoms with Crippen LogP contribution in [-0.2, 0) is 14.6 Å². The zero-order valence-corrected chi connectivity index (χ0v) is 15.9. The van der Waals surface area contributed by atoms with Gasteiger partial charge in [0.15, 0.2) is 0 Å². The van der Waals surface area contributed by atoms with Crippen molar-refractivity contribution in [1.29, 1.82) is 0 Å². The Balaban J connectivity index is 2.68. The Morgan fingerprint density at radius 2 is 1.69 bits per heavy atom. The van der Waals surface area contributed by atoms with Gasteiger partial charge in [-0.2, -0.15) is 0 Å². The lowest BCUT2D eigenvalue weighted by Gasteiger charge is -2.27. The normalized spacial score (nSPS) is 14.2. The molecule has 2 aromatic rings. The zero-order valence-electron chi connectivity index (χ0n) is 15.1. The molecule has 26 heavy (non-hydrogen) atoms. The second-order valence-corrected chi connectivity index (χ2v) is 8.70. The number of anilines is 1. The van der Waals surface area contributed by atoms with Gasteiger partial charge in [-0.05, 0) is 37.9 Å². The van der Waals surface area contributed by atoms with Crippen LogP contribution in [0.1, 0.15) is 19.3 Å². The summed E-state index contributed by atoms with van der Waals surface area (Å²) in [7, 11) is -0.457. The van der Waals surface area contributed by atoms with Crippen LogP contribution >= 0.6 is 0 Å². The number of benzene rings is 2. The summed E-state index contributed by atoms with van der Waals surface area (Å²) in [6, 6.07) is 10.3. The second-order valence-electron chi connectivity index (χ2n) is 6.53. The van der Waals surface area contributed by atoms with E-state index in [1.807, 2.05) is 31.1 Å². The molecule has 0 aliphatic carbocycles. The van der Waals surface area contributed by atoms with Gasteiger partial charge in [-0.3, -0.25) is 4.79 Å². The molecule has 0 bridgehead atoms. The molecule has 142 valence electrons. The van der Waals surface area contributed by atoms with Crippen molar-refractivity contribution >= 4 is 32.2 Å². The minimum Gasteiger partial charge on any atom is -0.377 e. The first-order valence-electron chi connectivity index (χ1n) is 8.39. The van der Waals surface area contributed by atoms with E-state index in [0.29, 0.717) is 24.8 Å². The molecule has 0 aliphatic rings. The predicted octanol–water partition coefficient (Wildman–Crippen LogP) is 0.949. The van der Waals surface area contributed by atoms with Gasteiger partial charge in [0.2, 0.25) is 14.7 Å². The van der Waals surface area contributed by atoms with Crippen LogP contribution in [0.5, 0.6) is 0 Å². The smallest absolute Gasteiger partial charge is 0.253 e. The Kier molecular flexibility index (Phi) is 5.90. The summed E-state index contributed by atoms with van der Waals surface area (Å²) >= 11 is 0. The van der Waals surface area contributed by atoms with Crippen LogP contribution in [0.2, 0.25) is 0 Å². The fourth-order valence-electron chi connectivity index (χ4n) is 3.01. The van der Waals surface area contributed by atoms with Crippen LogP contribution in [0.3, 0.4) is 0 Å². The number of hydrogen-bond donors (Lipinski definition) is 3. The molecule has 7 nitrogen and oxygen atoms in total. The van der Waals surface area contributed by atoms with Crippen LogP contribution in [-0.4, -0.2) is 39.8 Å². The first-order valence-corrected chi connectivity index (χ1v) is 9.87. The summed E-state index contributed by atoms with van der Waals surface area (Å²) in [4.78, 5) is 11.7. The molecule has 1 amide bonds. The lowest BCUT2D eigenvalue weighted by atomic mass is 10.1. The van der Waals surface area contributed by atoms with E-state index in [1.54, 1.807) is 18.2 Å². The molecule has 0 fully saturated rings. The Labute approximate surface area is 154 Å². The molecule has 0 radical (unpaired) electrons. The number of unbranched alkanes of at least 4 members (excludes halogenated alkanes) is 1. The third kappa shape index (κ3) is 3.40. The number of sulfone groups is 1. The molecule has 0 saturated carbocycles. The van der Waals surface area contributed by atoms with E-state index in [0.717, 1.165) is 11.1 Å². The Hall–Kier alpha value is -2.16. The molecule has 0 aliphatic heterocycles. The van der Waals surface area contributed by atoms with Gasteiger partial charge in [0, 0.05) is 30.6 Å². The first-order chi connectivity index (χ1) is 12.2. The minimum absolute atomic E-state index is 0.00717. The molecule has 1 atom stereocenters. The number of hydrogen-bond acceptors (Lipinski definition) is 6. The van der Waals surface area contributed by atoms with E-state index in [-0.39, 0.29) is 11.3 Å². The number of nitrogens with zero attached hydrogens (tertiary/aromatic N) is 1. The number of primary amides is 1. The highest BCUT2D eigenvalue weighted by atomic mass is 32.2. The van der Waals surface area contributed by atoms with Crippen molar-refractivity contribution < 1.29 is 13.2 Å². The molecule has 0 unspecified atom stereocenters. The average molecular weight is 378 g/mol. The van der Waals surface area contributed by atoms with Crippen molar-refractivity contribution in [1.82, 2.24) is 0 Å². The van der Waals surface area contributed by atoms with E-state index >= 15 is 0 Å². The Morgan fingerprint density at radius 3 is 2.27 bits per heavy atom. The van der Waals surface area contributed by atoms with Gasteiger partial charge in [-0.1, -0.05) is 24.3 Å². The van der Waals surface area contributed by atoms with Crippen LogP contribution in [0, 0.1) is 0 Å². The van der Waals surface area contributed by atoms with Gasteiger partial charge >= 0.3 is 0 Å². The molecular weight excluding hydrogens is 352 g/mol. The maximum atomic E-state index is 13.3. The number of amides is 1. The van der Waals surface area contributed by atoms with E-state index in [4.69, 9.17) is 17.2 Å². The second kappa shape index (κ2) is 7.61.